The molecule has 0 saturated heterocycles. The zero-order valence-electron chi connectivity index (χ0n) is 15.2. The van der Waals surface area contributed by atoms with Crippen LogP contribution in [0.25, 0.3) is 0 Å². The third-order valence-electron chi connectivity index (χ3n) is 4.67. The maximum Gasteiger partial charge on any atom is 0.296 e. The Balaban J connectivity index is 1.85. The van der Waals surface area contributed by atoms with Crippen LogP contribution in [0, 0.1) is 0 Å². The lowest BCUT2D eigenvalue weighted by molar-refractivity contribution is -0.117. The van der Waals surface area contributed by atoms with Crippen LogP contribution in [0.5, 0.6) is 0 Å². The van der Waals surface area contributed by atoms with Crippen molar-refractivity contribution >= 4 is 39.5 Å². The van der Waals surface area contributed by atoms with Crippen molar-refractivity contribution < 1.29 is 14.7 Å². The molecule has 0 aliphatic carbocycles. The van der Waals surface area contributed by atoms with E-state index in [2.05, 4.69) is 24.0 Å². The zero-order valence-corrected chi connectivity index (χ0v) is 16.8. The standard InChI is InChI=1S/C20H17N3O3S2/c1-11(2)12-5-7-13(8-6-12)16-15(17(24)14-4-3-9-27-14)18(25)19(26)23(16)20-22-21-10-28-20/h3-11,16,25H,1-2H3/t16-/m1/s1. The molecule has 8 heteroatoms. The van der Waals surface area contributed by atoms with Gasteiger partial charge in [-0.1, -0.05) is 55.5 Å². The molecule has 1 amide bonds. The van der Waals surface area contributed by atoms with Crippen molar-refractivity contribution in [3.8, 4) is 0 Å². The average Bonchev–Trinajstić information content (AvgIpc) is 3.43. The number of nitrogens with zero attached hydrogens (tertiary/aromatic N) is 3. The molecule has 6 nitrogen and oxygen atoms in total. The van der Waals surface area contributed by atoms with E-state index in [0.29, 0.717) is 15.9 Å². The van der Waals surface area contributed by atoms with E-state index in [-0.39, 0.29) is 11.4 Å². The van der Waals surface area contributed by atoms with E-state index in [0.717, 1.165) is 11.1 Å². The zero-order chi connectivity index (χ0) is 19.8. The number of hydrogen-bond acceptors (Lipinski definition) is 7. The summed E-state index contributed by atoms with van der Waals surface area (Å²) in [5.74, 6) is -1.18. The lowest BCUT2D eigenvalue weighted by atomic mass is 9.93. The van der Waals surface area contributed by atoms with E-state index in [9.17, 15) is 14.7 Å². The number of aromatic nitrogens is 2. The number of hydrogen-bond donors (Lipinski definition) is 1. The van der Waals surface area contributed by atoms with Crippen molar-refractivity contribution in [2.45, 2.75) is 25.8 Å². The Morgan fingerprint density at radius 2 is 1.93 bits per heavy atom. The summed E-state index contributed by atoms with van der Waals surface area (Å²) in [7, 11) is 0. The molecule has 0 spiro atoms. The molecule has 1 aliphatic rings. The number of ketones is 1. The second-order valence-corrected chi connectivity index (χ2v) is 8.45. The molecule has 0 saturated carbocycles. The molecule has 142 valence electrons. The largest absolute Gasteiger partial charge is 0.503 e. The predicted molar refractivity (Wildman–Crippen MR) is 109 cm³/mol. The molecule has 1 atom stereocenters. The van der Waals surface area contributed by atoms with Crippen LogP contribution in [0.3, 0.4) is 0 Å². The topological polar surface area (TPSA) is 83.4 Å². The second kappa shape index (κ2) is 7.29. The van der Waals surface area contributed by atoms with Gasteiger partial charge in [-0.05, 0) is 28.5 Å². The summed E-state index contributed by atoms with van der Waals surface area (Å²) in [5.41, 5.74) is 3.46. The first-order chi connectivity index (χ1) is 13.5. The van der Waals surface area contributed by atoms with Gasteiger partial charge in [0.25, 0.3) is 5.91 Å². The number of amides is 1. The molecule has 1 N–H and O–H groups in total. The van der Waals surface area contributed by atoms with Crippen LogP contribution in [0.15, 0.2) is 58.6 Å². The van der Waals surface area contributed by atoms with Crippen LogP contribution in [0.1, 0.15) is 46.6 Å². The highest BCUT2D eigenvalue weighted by Gasteiger charge is 2.46. The van der Waals surface area contributed by atoms with Crippen molar-refractivity contribution in [1.82, 2.24) is 10.2 Å². The molecular formula is C20H17N3O3S2. The lowest BCUT2D eigenvalue weighted by Crippen LogP contribution is -2.31. The molecule has 0 bridgehead atoms. The van der Waals surface area contributed by atoms with Crippen molar-refractivity contribution in [3.05, 3.63) is 74.6 Å². The maximum atomic E-state index is 13.1. The van der Waals surface area contributed by atoms with Crippen LogP contribution in [-0.2, 0) is 4.79 Å². The van der Waals surface area contributed by atoms with Gasteiger partial charge in [0, 0.05) is 0 Å². The number of rotatable bonds is 5. The minimum Gasteiger partial charge on any atom is -0.503 e. The van der Waals surface area contributed by atoms with Crippen LogP contribution in [-0.4, -0.2) is 27.0 Å². The van der Waals surface area contributed by atoms with Gasteiger partial charge in [-0.25, -0.2) is 0 Å². The Bertz CT molecular complexity index is 1040. The highest BCUT2D eigenvalue weighted by Crippen LogP contribution is 2.42. The quantitative estimate of drug-likeness (QED) is 0.625. The van der Waals surface area contributed by atoms with Gasteiger partial charge < -0.3 is 5.11 Å². The SMILES string of the molecule is CC(C)c1ccc([C@@H]2C(C(=O)c3cccs3)=C(O)C(=O)N2c2nncs2)cc1. The molecule has 0 fully saturated rings. The Hall–Kier alpha value is -2.84. The normalized spacial score (nSPS) is 17.0. The van der Waals surface area contributed by atoms with Gasteiger partial charge in [0.2, 0.25) is 10.9 Å². The second-order valence-electron chi connectivity index (χ2n) is 6.69. The summed E-state index contributed by atoms with van der Waals surface area (Å²) >= 11 is 2.45. The van der Waals surface area contributed by atoms with E-state index in [1.54, 1.807) is 17.5 Å². The van der Waals surface area contributed by atoms with Crippen molar-refractivity contribution in [2.24, 2.45) is 0 Å². The number of carbonyl (C=O) groups excluding carboxylic acids is 2. The average molecular weight is 412 g/mol. The van der Waals surface area contributed by atoms with Crippen LogP contribution in [0.2, 0.25) is 0 Å². The number of thiophene rings is 1. The minimum atomic E-state index is -0.753. The fraction of sp³-hybridized carbons (Fsp3) is 0.200. The third kappa shape index (κ3) is 3.04. The van der Waals surface area contributed by atoms with E-state index < -0.39 is 17.7 Å². The van der Waals surface area contributed by atoms with Crippen LogP contribution >= 0.6 is 22.7 Å². The molecule has 3 heterocycles. The van der Waals surface area contributed by atoms with E-state index in [4.69, 9.17) is 0 Å². The molecule has 3 aromatic rings. The monoisotopic (exact) mass is 411 g/mol. The Morgan fingerprint density at radius 1 is 1.18 bits per heavy atom. The number of aliphatic hydroxyl groups is 1. The smallest absolute Gasteiger partial charge is 0.296 e. The van der Waals surface area contributed by atoms with Gasteiger partial charge in [-0.15, -0.1) is 21.5 Å². The first-order valence-corrected chi connectivity index (χ1v) is 10.5. The van der Waals surface area contributed by atoms with Gasteiger partial charge in [0.15, 0.2) is 5.76 Å². The maximum absolute atomic E-state index is 13.1. The van der Waals surface area contributed by atoms with Gasteiger partial charge in [0.05, 0.1) is 16.5 Å². The summed E-state index contributed by atoms with van der Waals surface area (Å²) in [6.07, 6.45) is 0. The van der Waals surface area contributed by atoms with E-state index in [1.165, 1.54) is 33.1 Å². The lowest BCUT2D eigenvalue weighted by Gasteiger charge is -2.24. The molecule has 2 aromatic heterocycles. The highest BCUT2D eigenvalue weighted by atomic mass is 32.1. The summed E-state index contributed by atoms with van der Waals surface area (Å²) in [6, 6.07) is 10.4. The van der Waals surface area contributed by atoms with Gasteiger partial charge >= 0.3 is 0 Å². The first-order valence-electron chi connectivity index (χ1n) is 8.70. The Morgan fingerprint density at radius 3 is 2.50 bits per heavy atom. The summed E-state index contributed by atoms with van der Waals surface area (Å²) in [4.78, 5) is 27.8. The highest BCUT2D eigenvalue weighted by molar-refractivity contribution is 7.13. The summed E-state index contributed by atoms with van der Waals surface area (Å²) < 4.78 is 0. The van der Waals surface area contributed by atoms with Crippen molar-refractivity contribution in [3.63, 3.8) is 0 Å². The number of carbonyl (C=O) groups is 2. The molecule has 28 heavy (non-hydrogen) atoms. The van der Waals surface area contributed by atoms with Gasteiger partial charge in [-0.2, -0.15) is 0 Å². The van der Waals surface area contributed by atoms with Crippen molar-refractivity contribution in [2.75, 3.05) is 4.90 Å². The van der Waals surface area contributed by atoms with Gasteiger partial charge in [-0.3, -0.25) is 14.5 Å². The number of benzene rings is 1. The molecule has 0 unspecified atom stereocenters. The molecule has 0 radical (unpaired) electrons. The van der Waals surface area contributed by atoms with E-state index in [1.807, 2.05) is 24.3 Å². The molecular weight excluding hydrogens is 394 g/mol. The fourth-order valence-corrected chi connectivity index (χ4v) is 4.49. The molecule has 4 rings (SSSR count). The fourth-order valence-electron chi connectivity index (χ4n) is 3.23. The van der Waals surface area contributed by atoms with Crippen LogP contribution in [0.4, 0.5) is 5.13 Å². The minimum absolute atomic E-state index is 0.0694. The van der Waals surface area contributed by atoms with Crippen LogP contribution < -0.4 is 4.90 Å². The Kier molecular flexibility index (Phi) is 4.82. The number of Topliss-reactive ketones (excluding diaryl/α,β-unsaturated/α-hetero) is 1. The Labute approximate surface area is 169 Å². The summed E-state index contributed by atoms with van der Waals surface area (Å²) in [6.45, 7) is 4.19. The third-order valence-corrected chi connectivity index (χ3v) is 6.23. The molecule has 1 aromatic carbocycles. The number of anilines is 1. The molecule has 1 aliphatic heterocycles. The predicted octanol–water partition coefficient (Wildman–Crippen LogP) is 4.51. The van der Waals surface area contributed by atoms with Crippen molar-refractivity contribution in [1.29, 1.82) is 0 Å². The first kappa shape index (κ1) is 18.5. The summed E-state index contributed by atoms with van der Waals surface area (Å²) in [5, 5.41) is 20.5. The van der Waals surface area contributed by atoms with Gasteiger partial charge in [0.1, 0.15) is 5.51 Å². The number of aliphatic hydroxyl groups excluding tert-OH is 1. The van der Waals surface area contributed by atoms with E-state index >= 15 is 0 Å².